The standard InChI is InChI=1S/C20H20BrN3O2S/c21-15-5-7-16(8-6-15)27(25,26)23-19-9-10-20(24-13-11-22-12-14-24)18-4-2-1-3-17(18)19/h1-10,22-23H,11-14H2. The Morgan fingerprint density at radius 1 is 0.889 bits per heavy atom. The maximum Gasteiger partial charge on any atom is 0.261 e. The predicted octanol–water partition coefficient (Wildman–Crippen LogP) is 3.81. The Balaban J connectivity index is 1.73. The van der Waals surface area contributed by atoms with E-state index in [9.17, 15) is 8.42 Å². The number of nitrogens with zero attached hydrogens (tertiary/aromatic N) is 1. The van der Waals surface area contributed by atoms with Crippen LogP contribution in [0.3, 0.4) is 0 Å². The third kappa shape index (κ3) is 3.81. The second kappa shape index (κ2) is 7.50. The Morgan fingerprint density at radius 2 is 1.56 bits per heavy atom. The minimum atomic E-state index is -3.65. The lowest BCUT2D eigenvalue weighted by molar-refractivity contribution is 0.590. The smallest absolute Gasteiger partial charge is 0.261 e. The van der Waals surface area contributed by atoms with Gasteiger partial charge in [0.05, 0.1) is 10.6 Å². The van der Waals surface area contributed by atoms with Crippen LogP contribution in [-0.4, -0.2) is 34.6 Å². The molecule has 0 atom stereocenters. The first-order chi connectivity index (χ1) is 13.0. The SMILES string of the molecule is O=S(=O)(Nc1ccc(N2CCNCC2)c2ccccc12)c1ccc(Br)cc1. The van der Waals surface area contributed by atoms with Crippen molar-refractivity contribution in [3.05, 3.63) is 65.1 Å². The van der Waals surface area contributed by atoms with Crippen LogP contribution in [0.4, 0.5) is 11.4 Å². The van der Waals surface area contributed by atoms with Crippen molar-refractivity contribution < 1.29 is 8.42 Å². The van der Waals surface area contributed by atoms with Gasteiger partial charge in [-0.15, -0.1) is 0 Å². The summed E-state index contributed by atoms with van der Waals surface area (Å²) in [4.78, 5) is 2.58. The van der Waals surface area contributed by atoms with Gasteiger partial charge in [0.25, 0.3) is 10.0 Å². The quantitative estimate of drug-likeness (QED) is 0.640. The maximum absolute atomic E-state index is 12.8. The van der Waals surface area contributed by atoms with Crippen LogP contribution in [0.15, 0.2) is 70.0 Å². The fourth-order valence-electron chi connectivity index (χ4n) is 3.37. The summed E-state index contributed by atoms with van der Waals surface area (Å²) in [7, 11) is -3.65. The van der Waals surface area contributed by atoms with E-state index in [2.05, 4.69) is 30.9 Å². The molecule has 0 radical (unpaired) electrons. The average molecular weight is 446 g/mol. The Hall–Kier alpha value is -2.09. The minimum absolute atomic E-state index is 0.237. The Kier molecular flexibility index (Phi) is 5.08. The van der Waals surface area contributed by atoms with Crippen molar-refractivity contribution in [2.45, 2.75) is 4.90 Å². The van der Waals surface area contributed by atoms with Crippen LogP contribution >= 0.6 is 15.9 Å². The summed E-state index contributed by atoms with van der Waals surface area (Å²) in [5.41, 5.74) is 1.73. The topological polar surface area (TPSA) is 61.4 Å². The highest BCUT2D eigenvalue weighted by molar-refractivity contribution is 9.10. The molecule has 3 aromatic carbocycles. The Labute approximate surface area is 167 Å². The van der Waals surface area contributed by atoms with Crippen LogP contribution in [0.2, 0.25) is 0 Å². The number of hydrogen-bond acceptors (Lipinski definition) is 4. The second-order valence-corrected chi connectivity index (χ2v) is 9.07. The van der Waals surface area contributed by atoms with Crippen molar-refractivity contribution in [3.63, 3.8) is 0 Å². The summed E-state index contributed by atoms with van der Waals surface area (Å²) in [6.45, 7) is 3.78. The molecule has 4 rings (SSSR count). The Morgan fingerprint density at radius 3 is 2.26 bits per heavy atom. The molecule has 1 aliphatic rings. The molecule has 0 bridgehead atoms. The molecule has 27 heavy (non-hydrogen) atoms. The van der Waals surface area contributed by atoms with Crippen LogP contribution < -0.4 is 14.9 Å². The molecule has 5 nitrogen and oxygen atoms in total. The largest absolute Gasteiger partial charge is 0.368 e. The zero-order chi connectivity index (χ0) is 18.9. The lowest BCUT2D eigenvalue weighted by Gasteiger charge is -2.30. The molecule has 140 valence electrons. The van der Waals surface area contributed by atoms with Crippen molar-refractivity contribution in [1.82, 2.24) is 5.32 Å². The van der Waals surface area contributed by atoms with E-state index in [0.717, 1.165) is 47.1 Å². The normalized spacial score (nSPS) is 15.1. The summed E-state index contributed by atoms with van der Waals surface area (Å²) in [6, 6.07) is 18.4. The lowest BCUT2D eigenvalue weighted by atomic mass is 10.1. The summed E-state index contributed by atoms with van der Waals surface area (Å²) in [6.07, 6.45) is 0. The molecule has 0 aromatic heterocycles. The van der Waals surface area contributed by atoms with Crippen LogP contribution in [0.1, 0.15) is 0 Å². The fourth-order valence-corrected chi connectivity index (χ4v) is 4.72. The average Bonchev–Trinajstić information content (AvgIpc) is 2.69. The molecular formula is C20H20BrN3O2S. The first kappa shape index (κ1) is 18.3. The van der Waals surface area contributed by atoms with E-state index >= 15 is 0 Å². The van der Waals surface area contributed by atoms with E-state index in [1.807, 2.05) is 36.4 Å². The highest BCUT2D eigenvalue weighted by Gasteiger charge is 2.18. The molecule has 0 aliphatic carbocycles. The third-order valence-electron chi connectivity index (χ3n) is 4.73. The van der Waals surface area contributed by atoms with Crippen molar-refractivity contribution in [2.24, 2.45) is 0 Å². The maximum atomic E-state index is 12.8. The highest BCUT2D eigenvalue weighted by Crippen LogP contribution is 2.33. The van der Waals surface area contributed by atoms with Gasteiger partial charge in [0.1, 0.15) is 0 Å². The van der Waals surface area contributed by atoms with Gasteiger partial charge in [-0.25, -0.2) is 8.42 Å². The van der Waals surface area contributed by atoms with Gasteiger partial charge in [0.2, 0.25) is 0 Å². The van der Waals surface area contributed by atoms with Gasteiger partial charge >= 0.3 is 0 Å². The monoisotopic (exact) mass is 445 g/mol. The zero-order valence-electron chi connectivity index (χ0n) is 14.7. The van der Waals surface area contributed by atoms with Crippen molar-refractivity contribution in [1.29, 1.82) is 0 Å². The molecule has 1 aliphatic heterocycles. The number of rotatable bonds is 4. The molecule has 1 saturated heterocycles. The number of nitrogens with one attached hydrogen (secondary N) is 2. The van der Waals surface area contributed by atoms with Gasteiger partial charge < -0.3 is 10.2 Å². The molecule has 1 fully saturated rings. The summed E-state index contributed by atoms with van der Waals surface area (Å²) in [5, 5.41) is 5.31. The minimum Gasteiger partial charge on any atom is -0.368 e. The number of anilines is 2. The zero-order valence-corrected chi connectivity index (χ0v) is 17.1. The van der Waals surface area contributed by atoms with Gasteiger partial charge in [-0.3, -0.25) is 4.72 Å². The summed E-state index contributed by atoms with van der Waals surface area (Å²) < 4.78 is 29.2. The highest BCUT2D eigenvalue weighted by atomic mass is 79.9. The van der Waals surface area contributed by atoms with E-state index in [-0.39, 0.29) is 4.90 Å². The van der Waals surface area contributed by atoms with Gasteiger partial charge in [0.15, 0.2) is 0 Å². The number of benzene rings is 3. The molecule has 3 aromatic rings. The van der Waals surface area contributed by atoms with E-state index in [4.69, 9.17) is 0 Å². The van der Waals surface area contributed by atoms with Gasteiger partial charge in [-0.2, -0.15) is 0 Å². The van der Waals surface area contributed by atoms with E-state index in [1.54, 1.807) is 24.3 Å². The van der Waals surface area contributed by atoms with Crippen LogP contribution in [0, 0.1) is 0 Å². The van der Waals surface area contributed by atoms with E-state index in [1.165, 1.54) is 0 Å². The number of sulfonamides is 1. The molecule has 7 heteroatoms. The van der Waals surface area contributed by atoms with Gasteiger partial charge in [-0.1, -0.05) is 40.2 Å². The number of piperazine rings is 1. The second-order valence-electron chi connectivity index (χ2n) is 6.47. The van der Waals surface area contributed by atoms with Crippen LogP contribution in [0.5, 0.6) is 0 Å². The first-order valence-corrected chi connectivity index (χ1v) is 11.1. The summed E-state index contributed by atoms with van der Waals surface area (Å²) >= 11 is 3.33. The van der Waals surface area contributed by atoms with Crippen molar-refractivity contribution in [2.75, 3.05) is 35.8 Å². The first-order valence-electron chi connectivity index (χ1n) is 8.80. The molecule has 0 amide bonds. The third-order valence-corrected chi connectivity index (χ3v) is 6.64. The van der Waals surface area contributed by atoms with E-state index < -0.39 is 10.0 Å². The Bertz CT molecular complexity index is 1060. The molecule has 1 heterocycles. The number of hydrogen-bond donors (Lipinski definition) is 2. The molecule has 2 N–H and O–H groups in total. The molecule has 0 spiro atoms. The van der Waals surface area contributed by atoms with Crippen molar-refractivity contribution >= 4 is 48.1 Å². The fraction of sp³-hybridized carbons (Fsp3) is 0.200. The van der Waals surface area contributed by atoms with Gasteiger partial charge in [0, 0.05) is 47.1 Å². The number of halogens is 1. The van der Waals surface area contributed by atoms with Crippen LogP contribution in [0.25, 0.3) is 10.8 Å². The molecular weight excluding hydrogens is 426 g/mol. The summed E-state index contributed by atoms with van der Waals surface area (Å²) in [5.74, 6) is 0. The molecule has 0 unspecified atom stereocenters. The van der Waals surface area contributed by atoms with Gasteiger partial charge in [-0.05, 0) is 36.4 Å². The molecule has 0 saturated carbocycles. The number of fused-ring (bicyclic) bond motifs is 1. The lowest BCUT2D eigenvalue weighted by Crippen LogP contribution is -2.43. The van der Waals surface area contributed by atoms with Crippen LogP contribution in [-0.2, 0) is 10.0 Å². The van der Waals surface area contributed by atoms with Crippen molar-refractivity contribution in [3.8, 4) is 0 Å². The van der Waals surface area contributed by atoms with E-state index in [0.29, 0.717) is 5.69 Å². The predicted molar refractivity (Wildman–Crippen MR) is 114 cm³/mol.